The molecule has 1 saturated carbocycles. The van der Waals surface area contributed by atoms with Gasteiger partial charge < -0.3 is 10.4 Å². The van der Waals surface area contributed by atoms with E-state index in [0.717, 1.165) is 24.2 Å². The number of hydrogen-bond donors (Lipinski definition) is 2. The third-order valence-electron chi connectivity index (χ3n) is 5.12. The highest BCUT2D eigenvalue weighted by Gasteiger charge is 2.55. The predicted octanol–water partition coefficient (Wildman–Crippen LogP) is 2.36. The van der Waals surface area contributed by atoms with Gasteiger partial charge in [-0.2, -0.15) is 0 Å². The van der Waals surface area contributed by atoms with Gasteiger partial charge in [0.25, 0.3) is 5.91 Å². The van der Waals surface area contributed by atoms with Crippen LogP contribution in [0.25, 0.3) is 0 Å². The largest absolute Gasteiger partial charge is 0.386 e. The number of carbonyl (C=O) groups excluding carboxylic acids is 2. The van der Waals surface area contributed by atoms with Gasteiger partial charge in [0.2, 0.25) is 0 Å². The molecule has 1 aromatic carbocycles. The first-order valence-electron chi connectivity index (χ1n) is 8.02. The van der Waals surface area contributed by atoms with Gasteiger partial charge in [-0.25, -0.2) is 9.18 Å². The Bertz CT molecular complexity index is 636. The molecule has 6 heteroatoms. The van der Waals surface area contributed by atoms with Gasteiger partial charge >= 0.3 is 6.03 Å². The Morgan fingerprint density at radius 1 is 1.39 bits per heavy atom. The zero-order chi connectivity index (χ0) is 16.6. The van der Waals surface area contributed by atoms with Crippen LogP contribution in [0.15, 0.2) is 24.3 Å². The van der Waals surface area contributed by atoms with Crippen LogP contribution < -0.4 is 5.32 Å². The highest BCUT2D eigenvalue weighted by molar-refractivity contribution is 6.07. The molecule has 3 rings (SSSR count). The summed E-state index contributed by atoms with van der Waals surface area (Å²) >= 11 is 0. The molecular formula is C17H21FN2O3. The van der Waals surface area contributed by atoms with E-state index in [9.17, 15) is 19.1 Å². The minimum Gasteiger partial charge on any atom is -0.386 e. The Hall–Kier alpha value is -1.95. The Balaban J connectivity index is 1.80. The third kappa shape index (κ3) is 2.61. The summed E-state index contributed by atoms with van der Waals surface area (Å²) in [6, 6.07) is 5.34. The van der Waals surface area contributed by atoms with Crippen LogP contribution in [-0.2, 0) is 4.79 Å². The molecule has 1 aliphatic carbocycles. The van der Waals surface area contributed by atoms with Gasteiger partial charge in [-0.3, -0.25) is 9.69 Å². The number of aliphatic hydroxyl groups is 1. The molecule has 1 aromatic rings. The number of halogens is 1. The molecule has 1 spiro atoms. The topological polar surface area (TPSA) is 69.6 Å². The Kier molecular flexibility index (Phi) is 4.10. The van der Waals surface area contributed by atoms with Crippen molar-refractivity contribution in [2.45, 2.75) is 44.2 Å². The number of amides is 3. The average molecular weight is 320 g/mol. The maximum atomic E-state index is 13.8. The molecule has 0 bridgehead atoms. The van der Waals surface area contributed by atoms with Gasteiger partial charge in [-0.15, -0.1) is 0 Å². The molecule has 1 heterocycles. The molecule has 3 amide bonds. The van der Waals surface area contributed by atoms with E-state index in [1.54, 1.807) is 6.07 Å². The van der Waals surface area contributed by atoms with Gasteiger partial charge in [0, 0.05) is 5.56 Å². The second-order valence-electron chi connectivity index (χ2n) is 6.50. The summed E-state index contributed by atoms with van der Waals surface area (Å²) in [5.41, 5.74) is -0.768. The molecule has 0 radical (unpaired) electrons. The van der Waals surface area contributed by atoms with E-state index in [2.05, 4.69) is 5.32 Å². The van der Waals surface area contributed by atoms with Crippen molar-refractivity contribution in [3.05, 3.63) is 35.6 Å². The second kappa shape index (κ2) is 5.92. The van der Waals surface area contributed by atoms with E-state index in [1.807, 2.05) is 6.92 Å². The summed E-state index contributed by atoms with van der Waals surface area (Å²) in [7, 11) is 0. The van der Waals surface area contributed by atoms with Crippen molar-refractivity contribution in [1.29, 1.82) is 0 Å². The number of aliphatic hydroxyl groups excluding tert-OH is 1. The highest BCUT2D eigenvalue weighted by Crippen LogP contribution is 2.38. The number of urea groups is 1. The molecule has 0 unspecified atom stereocenters. The second-order valence-corrected chi connectivity index (χ2v) is 6.50. The first-order chi connectivity index (χ1) is 11.0. The van der Waals surface area contributed by atoms with Gasteiger partial charge in [0.1, 0.15) is 11.4 Å². The predicted molar refractivity (Wildman–Crippen MR) is 82.0 cm³/mol. The smallest absolute Gasteiger partial charge is 0.325 e. The quantitative estimate of drug-likeness (QED) is 0.840. The molecule has 124 valence electrons. The zero-order valence-electron chi connectivity index (χ0n) is 13.1. The van der Waals surface area contributed by atoms with Crippen molar-refractivity contribution in [3.8, 4) is 0 Å². The van der Waals surface area contributed by atoms with Crippen molar-refractivity contribution in [1.82, 2.24) is 10.2 Å². The number of β-amino-alcohol motifs (C(OH)–C–C–N with tert-alkyl or cyclic N) is 1. The van der Waals surface area contributed by atoms with Crippen LogP contribution in [0.4, 0.5) is 9.18 Å². The van der Waals surface area contributed by atoms with Crippen LogP contribution in [0, 0.1) is 11.7 Å². The normalized spacial score (nSPS) is 29.0. The average Bonchev–Trinajstić information content (AvgIpc) is 2.76. The van der Waals surface area contributed by atoms with Crippen molar-refractivity contribution < 1.29 is 19.1 Å². The minimum absolute atomic E-state index is 0.0586. The summed E-state index contributed by atoms with van der Waals surface area (Å²) in [4.78, 5) is 26.1. The molecule has 2 aliphatic rings. The van der Waals surface area contributed by atoms with Crippen LogP contribution in [-0.4, -0.2) is 34.0 Å². The Labute approximate surface area is 134 Å². The number of nitrogens with zero attached hydrogens (tertiary/aromatic N) is 1. The van der Waals surface area contributed by atoms with Crippen molar-refractivity contribution in [2.75, 3.05) is 6.54 Å². The van der Waals surface area contributed by atoms with E-state index < -0.39 is 23.5 Å². The van der Waals surface area contributed by atoms with Crippen LogP contribution >= 0.6 is 0 Å². The van der Waals surface area contributed by atoms with E-state index in [0.29, 0.717) is 6.42 Å². The van der Waals surface area contributed by atoms with E-state index in [1.165, 1.54) is 18.2 Å². The number of hydrogen-bond acceptors (Lipinski definition) is 3. The summed E-state index contributed by atoms with van der Waals surface area (Å²) in [5.74, 6) is -0.791. The molecule has 2 N–H and O–H groups in total. The lowest BCUT2D eigenvalue weighted by atomic mass is 9.73. The Morgan fingerprint density at radius 3 is 2.83 bits per heavy atom. The number of carbonyl (C=O) groups is 2. The molecule has 1 saturated heterocycles. The van der Waals surface area contributed by atoms with Crippen LogP contribution in [0.2, 0.25) is 0 Å². The molecular weight excluding hydrogens is 299 g/mol. The van der Waals surface area contributed by atoms with Crippen molar-refractivity contribution in [2.24, 2.45) is 5.92 Å². The maximum Gasteiger partial charge on any atom is 0.325 e. The molecule has 3 atom stereocenters. The zero-order valence-corrected chi connectivity index (χ0v) is 13.1. The minimum atomic E-state index is -1.24. The van der Waals surface area contributed by atoms with E-state index >= 15 is 0 Å². The fourth-order valence-corrected chi connectivity index (χ4v) is 3.68. The summed E-state index contributed by atoms with van der Waals surface area (Å²) < 4.78 is 13.8. The van der Waals surface area contributed by atoms with E-state index in [-0.39, 0.29) is 23.9 Å². The molecule has 1 aliphatic heterocycles. The first kappa shape index (κ1) is 15.9. The third-order valence-corrected chi connectivity index (χ3v) is 5.12. The lowest BCUT2D eigenvalue weighted by Gasteiger charge is -2.37. The lowest BCUT2D eigenvalue weighted by molar-refractivity contribution is -0.135. The van der Waals surface area contributed by atoms with Gasteiger partial charge in [0.05, 0.1) is 12.6 Å². The summed E-state index contributed by atoms with van der Waals surface area (Å²) in [5, 5.41) is 13.1. The van der Waals surface area contributed by atoms with Crippen LogP contribution in [0.5, 0.6) is 0 Å². The number of nitrogens with one attached hydrogen (secondary N) is 1. The number of benzene rings is 1. The fraction of sp³-hybridized carbons (Fsp3) is 0.529. The van der Waals surface area contributed by atoms with Crippen molar-refractivity contribution in [3.63, 3.8) is 0 Å². The number of imide groups is 1. The maximum absolute atomic E-state index is 13.8. The SMILES string of the molecule is C[C@@H]1CCCC[C@]12NC(=O)N(C[C@H](O)c1ccccc1F)C2=O. The molecule has 2 fully saturated rings. The van der Waals surface area contributed by atoms with Crippen LogP contribution in [0.1, 0.15) is 44.3 Å². The fourth-order valence-electron chi connectivity index (χ4n) is 3.68. The standard InChI is InChI=1S/C17H21FN2O3/c1-11-6-4-5-9-17(11)15(22)20(16(23)19-17)10-14(21)12-7-2-3-8-13(12)18/h2-3,7-8,11,14,21H,4-6,9-10H2,1H3,(H,19,23)/t11-,14+,17+/m1/s1. The monoisotopic (exact) mass is 320 g/mol. The van der Waals surface area contributed by atoms with Crippen LogP contribution in [0.3, 0.4) is 0 Å². The first-order valence-corrected chi connectivity index (χ1v) is 8.02. The molecule has 5 nitrogen and oxygen atoms in total. The Morgan fingerprint density at radius 2 is 2.13 bits per heavy atom. The molecule has 23 heavy (non-hydrogen) atoms. The lowest BCUT2D eigenvalue weighted by Crippen LogP contribution is -2.54. The van der Waals surface area contributed by atoms with Gasteiger partial charge in [-0.05, 0) is 24.8 Å². The summed E-state index contributed by atoms with van der Waals surface area (Å²) in [6.45, 7) is 1.73. The van der Waals surface area contributed by atoms with Gasteiger partial charge in [0.15, 0.2) is 0 Å². The van der Waals surface area contributed by atoms with Crippen molar-refractivity contribution >= 4 is 11.9 Å². The highest BCUT2D eigenvalue weighted by atomic mass is 19.1. The molecule has 0 aromatic heterocycles. The van der Waals surface area contributed by atoms with Gasteiger partial charge in [-0.1, -0.05) is 38.0 Å². The van der Waals surface area contributed by atoms with E-state index in [4.69, 9.17) is 0 Å². The number of rotatable bonds is 3. The summed E-state index contributed by atoms with van der Waals surface area (Å²) in [6.07, 6.45) is 2.20.